The summed E-state index contributed by atoms with van der Waals surface area (Å²) in [5, 5.41) is 19.0. The highest BCUT2D eigenvalue weighted by molar-refractivity contribution is 7.16. The first kappa shape index (κ1) is 21.7. The number of anilines is 3. The van der Waals surface area contributed by atoms with Crippen LogP contribution in [0.4, 0.5) is 21.2 Å². The van der Waals surface area contributed by atoms with Crippen molar-refractivity contribution in [3.8, 4) is 6.07 Å². The van der Waals surface area contributed by atoms with Gasteiger partial charge in [-0.1, -0.05) is 6.42 Å². The van der Waals surface area contributed by atoms with Crippen LogP contribution in [0.2, 0.25) is 0 Å². The summed E-state index contributed by atoms with van der Waals surface area (Å²) < 4.78 is 4.84. The first-order valence-corrected chi connectivity index (χ1v) is 11.0. The van der Waals surface area contributed by atoms with E-state index >= 15 is 0 Å². The maximum Gasteiger partial charge on any atom is 0.411 e. The number of carbonyl (C=O) groups is 2. The lowest BCUT2D eigenvalue weighted by Crippen LogP contribution is -2.31. The van der Waals surface area contributed by atoms with Gasteiger partial charge >= 0.3 is 6.09 Å². The molecule has 0 fully saturated rings. The number of fused-ring (bicyclic) bond motifs is 1. The predicted molar refractivity (Wildman–Crippen MR) is 119 cm³/mol. The Morgan fingerprint density at radius 3 is 2.53 bits per heavy atom. The van der Waals surface area contributed by atoms with E-state index in [-0.39, 0.29) is 5.91 Å². The van der Waals surface area contributed by atoms with E-state index in [1.807, 2.05) is 0 Å². The average molecular weight is 427 g/mol. The van der Waals surface area contributed by atoms with Crippen LogP contribution in [-0.4, -0.2) is 24.6 Å². The average Bonchev–Trinajstić information content (AvgIpc) is 2.88. The second kappa shape index (κ2) is 10.1. The van der Waals surface area contributed by atoms with Gasteiger partial charge in [0.15, 0.2) is 0 Å². The van der Waals surface area contributed by atoms with Gasteiger partial charge in [-0.3, -0.25) is 10.1 Å². The SMILES string of the molecule is CCOC(=O)Nc1ccc(NC(C)C(=O)Nc2sc3c(c2C#N)CCCCC3)cc1. The van der Waals surface area contributed by atoms with E-state index < -0.39 is 12.1 Å². The van der Waals surface area contributed by atoms with Crippen molar-refractivity contribution in [2.75, 3.05) is 22.6 Å². The van der Waals surface area contributed by atoms with Gasteiger partial charge in [0.2, 0.25) is 5.91 Å². The summed E-state index contributed by atoms with van der Waals surface area (Å²) in [7, 11) is 0. The number of nitrogens with one attached hydrogen (secondary N) is 3. The van der Waals surface area contributed by atoms with Gasteiger partial charge in [0, 0.05) is 16.3 Å². The molecular formula is C22H26N4O3S. The minimum atomic E-state index is -0.506. The van der Waals surface area contributed by atoms with Gasteiger partial charge in [0.1, 0.15) is 17.1 Å². The van der Waals surface area contributed by atoms with Gasteiger partial charge in [-0.25, -0.2) is 4.79 Å². The highest BCUT2D eigenvalue weighted by Gasteiger charge is 2.22. The van der Waals surface area contributed by atoms with Crippen LogP contribution >= 0.6 is 11.3 Å². The zero-order chi connectivity index (χ0) is 21.5. The molecule has 3 N–H and O–H groups in total. The lowest BCUT2D eigenvalue weighted by atomic mass is 10.1. The van der Waals surface area contributed by atoms with Crippen LogP contribution in [0.15, 0.2) is 24.3 Å². The molecule has 1 aliphatic carbocycles. The zero-order valence-corrected chi connectivity index (χ0v) is 18.0. The summed E-state index contributed by atoms with van der Waals surface area (Å²) in [5.74, 6) is -0.198. The number of amides is 2. The maximum atomic E-state index is 12.7. The van der Waals surface area contributed by atoms with Gasteiger partial charge in [0.05, 0.1) is 12.2 Å². The number of hydrogen-bond acceptors (Lipinski definition) is 6. The fraction of sp³-hybridized carbons (Fsp3) is 0.409. The van der Waals surface area contributed by atoms with Crippen molar-refractivity contribution < 1.29 is 14.3 Å². The monoisotopic (exact) mass is 426 g/mol. The number of thiophene rings is 1. The second-order valence-electron chi connectivity index (χ2n) is 7.16. The zero-order valence-electron chi connectivity index (χ0n) is 17.2. The standard InChI is InChI=1S/C22H26N4O3S/c1-3-29-22(28)25-16-11-9-15(10-12-16)24-14(2)20(27)26-21-18(13-23)17-7-5-4-6-8-19(17)30-21/h9-12,14,24H,3-8H2,1-2H3,(H,25,28)(H,26,27). The molecule has 0 aliphatic heterocycles. The van der Waals surface area contributed by atoms with Crippen LogP contribution in [0, 0.1) is 11.3 Å². The van der Waals surface area contributed by atoms with Crippen molar-refractivity contribution in [3.63, 3.8) is 0 Å². The molecule has 3 rings (SSSR count). The molecule has 1 aromatic carbocycles. The van der Waals surface area contributed by atoms with E-state index in [9.17, 15) is 14.9 Å². The Hall–Kier alpha value is -3.05. The number of carbonyl (C=O) groups excluding carboxylic acids is 2. The fourth-order valence-electron chi connectivity index (χ4n) is 3.42. The number of nitriles is 1. The molecule has 1 atom stereocenters. The summed E-state index contributed by atoms with van der Waals surface area (Å²) in [6.45, 7) is 3.81. The number of nitrogens with zero attached hydrogens (tertiary/aromatic N) is 1. The summed E-state index contributed by atoms with van der Waals surface area (Å²) in [6.07, 6.45) is 4.78. The molecule has 8 heteroatoms. The van der Waals surface area contributed by atoms with Crippen LogP contribution in [0.1, 0.15) is 49.1 Å². The van der Waals surface area contributed by atoms with Crippen molar-refractivity contribution in [2.45, 2.75) is 52.0 Å². The van der Waals surface area contributed by atoms with E-state index in [0.29, 0.717) is 22.9 Å². The van der Waals surface area contributed by atoms with Crippen molar-refractivity contribution in [2.24, 2.45) is 0 Å². The normalized spacial score (nSPS) is 13.9. The molecule has 2 aromatic rings. The van der Waals surface area contributed by atoms with E-state index in [4.69, 9.17) is 4.74 Å². The van der Waals surface area contributed by atoms with Crippen LogP contribution in [0.25, 0.3) is 0 Å². The minimum Gasteiger partial charge on any atom is -0.450 e. The highest BCUT2D eigenvalue weighted by Crippen LogP contribution is 2.37. The van der Waals surface area contributed by atoms with Crippen LogP contribution < -0.4 is 16.0 Å². The predicted octanol–water partition coefficient (Wildman–Crippen LogP) is 4.90. The molecule has 1 aromatic heterocycles. The summed E-state index contributed by atoms with van der Waals surface area (Å²) >= 11 is 1.53. The number of aryl methyl sites for hydroxylation is 1. The van der Waals surface area contributed by atoms with Crippen molar-refractivity contribution >= 4 is 39.7 Å². The molecule has 0 spiro atoms. The molecule has 1 heterocycles. The van der Waals surface area contributed by atoms with E-state index in [0.717, 1.165) is 36.9 Å². The molecule has 30 heavy (non-hydrogen) atoms. The number of benzene rings is 1. The lowest BCUT2D eigenvalue weighted by molar-refractivity contribution is -0.116. The van der Waals surface area contributed by atoms with Gasteiger partial charge in [-0.15, -0.1) is 11.3 Å². The number of rotatable bonds is 6. The van der Waals surface area contributed by atoms with E-state index in [1.165, 1.54) is 22.6 Å². The third-order valence-corrected chi connectivity index (χ3v) is 6.16. The molecule has 0 saturated carbocycles. The molecule has 0 bridgehead atoms. The lowest BCUT2D eigenvalue weighted by Gasteiger charge is -2.15. The Morgan fingerprint density at radius 2 is 1.83 bits per heavy atom. The largest absolute Gasteiger partial charge is 0.450 e. The van der Waals surface area contributed by atoms with Crippen LogP contribution in [-0.2, 0) is 22.4 Å². The molecule has 0 radical (unpaired) electrons. The first-order valence-electron chi connectivity index (χ1n) is 10.2. The Balaban J connectivity index is 1.61. The summed E-state index contributed by atoms with van der Waals surface area (Å²) in [6, 6.07) is 8.80. The van der Waals surface area contributed by atoms with Gasteiger partial charge in [-0.2, -0.15) is 5.26 Å². The van der Waals surface area contributed by atoms with Gasteiger partial charge < -0.3 is 15.4 Å². The van der Waals surface area contributed by atoms with Crippen molar-refractivity contribution in [1.29, 1.82) is 5.26 Å². The maximum absolute atomic E-state index is 12.7. The molecule has 1 aliphatic rings. The Bertz CT molecular complexity index is 947. The third-order valence-electron chi connectivity index (χ3n) is 4.95. The third kappa shape index (κ3) is 5.30. The molecule has 158 valence electrons. The fourth-order valence-corrected chi connectivity index (χ4v) is 4.66. The molecular weight excluding hydrogens is 400 g/mol. The second-order valence-corrected chi connectivity index (χ2v) is 8.26. The van der Waals surface area contributed by atoms with E-state index in [2.05, 4.69) is 22.0 Å². The quantitative estimate of drug-likeness (QED) is 0.570. The molecule has 7 nitrogen and oxygen atoms in total. The molecule has 2 amide bonds. The Labute approximate surface area is 180 Å². The molecule has 1 unspecified atom stereocenters. The summed E-state index contributed by atoms with van der Waals surface area (Å²) in [5.41, 5.74) is 3.08. The smallest absolute Gasteiger partial charge is 0.411 e. The first-order chi connectivity index (χ1) is 14.5. The highest BCUT2D eigenvalue weighted by atomic mass is 32.1. The van der Waals surface area contributed by atoms with Gasteiger partial charge in [-0.05, 0) is 69.4 Å². The molecule has 0 saturated heterocycles. The van der Waals surface area contributed by atoms with Crippen LogP contribution in [0.5, 0.6) is 0 Å². The van der Waals surface area contributed by atoms with Crippen molar-refractivity contribution in [1.82, 2.24) is 0 Å². The Morgan fingerprint density at radius 1 is 1.13 bits per heavy atom. The topological polar surface area (TPSA) is 103 Å². The minimum absolute atomic E-state index is 0.198. The number of hydrogen-bond donors (Lipinski definition) is 3. The van der Waals surface area contributed by atoms with Crippen LogP contribution in [0.3, 0.4) is 0 Å². The van der Waals surface area contributed by atoms with Gasteiger partial charge in [0.25, 0.3) is 0 Å². The van der Waals surface area contributed by atoms with Crippen molar-refractivity contribution in [3.05, 3.63) is 40.3 Å². The number of ether oxygens (including phenoxy) is 1. The van der Waals surface area contributed by atoms with E-state index in [1.54, 1.807) is 38.1 Å². The summed E-state index contributed by atoms with van der Waals surface area (Å²) in [4.78, 5) is 25.4. The Kier molecular flexibility index (Phi) is 7.31.